The molecule has 0 aliphatic heterocycles. The van der Waals surface area contributed by atoms with Crippen molar-refractivity contribution in [3.63, 3.8) is 0 Å². The van der Waals surface area contributed by atoms with Crippen LogP contribution < -0.4 is 14.8 Å². The van der Waals surface area contributed by atoms with Gasteiger partial charge < -0.3 is 4.74 Å². The van der Waals surface area contributed by atoms with E-state index in [1.54, 1.807) is 30.7 Å². The summed E-state index contributed by atoms with van der Waals surface area (Å²) in [7, 11) is -2.41. The molecule has 4 aromatic rings. The molecule has 1 unspecified atom stereocenters. The van der Waals surface area contributed by atoms with E-state index in [0.717, 1.165) is 17.6 Å². The summed E-state index contributed by atoms with van der Waals surface area (Å²) in [6, 6.07) is 16.8. The average Bonchev–Trinajstić information content (AvgIpc) is 3.21. The van der Waals surface area contributed by atoms with Gasteiger partial charge in [-0.2, -0.15) is 0 Å². The number of aromatic nitrogens is 2. The molecule has 11 heteroatoms. The number of sulfonamides is 1. The Bertz CT molecular complexity index is 1550. The van der Waals surface area contributed by atoms with Gasteiger partial charge in [0.25, 0.3) is 5.91 Å². The molecule has 37 heavy (non-hydrogen) atoms. The summed E-state index contributed by atoms with van der Waals surface area (Å²) in [6.45, 7) is 3.73. The molecule has 194 valence electrons. The normalized spacial score (nSPS) is 12.5. The van der Waals surface area contributed by atoms with Crippen molar-refractivity contribution in [3.8, 4) is 11.4 Å². The summed E-state index contributed by atoms with van der Waals surface area (Å²) in [5.41, 5.74) is 2.11. The largest absolute Gasteiger partial charge is 0.497 e. The molecule has 0 aliphatic carbocycles. The summed E-state index contributed by atoms with van der Waals surface area (Å²) >= 11 is 12.6. The number of anilines is 1. The zero-order valence-corrected chi connectivity index (χ0v) is 22.8. The van der Waals surface area contributed by atoms with Crippen molar-refractivity contribution in [2.45, 2.75) is 37.6 Å². The number of benzene rings is 3. The Kier molecular flexibility index (Phi) is 8.08. The van der Waals surface area contributed by atoms with Gasteiger partial charge in [-0.1, -0.05) is 48.7 Å². The van der Waals surface area contributed by atoms with Crippen LogP contribution in [0.15, 0.2) is 65.6 Å². The van der Waals surface area contributed by atoms with Crippen LogP contribution >= 0.6 is 23.2 Å². The highest BCUT2D eigenvalue weighted by Gasteiger charge is 2.25. The van der Waals surface area contributed by atoms with Crippen LogP contribution in [0, 0.1) is 0 Å². The third kappa shape index (κ3) is 5.75. The van der Waals surface area contributed by atoms with Crippen molar-refractivity contribution in [2.24, 2.45) is 0 Å². The molecule has 8 nitrogen and oxygen atoms in total. The highest BCUT2D eigenvalue weighted by atomic mass is 35.5. The Balaban J connectivity index is 1.73. The van der Waals surface area contributed by atoms with Gasteiger partial charge in [-0.15, -0.1) is 0 Å². The maximum atomic E-state index is 13.4. The van der Waals surface area contributed by atoms with E-state index in [0.29, 0.717) is 17.7 Å². The Hall–Kier alpha value is -3.11. The number of nitrogens with zero attached hydrogens (tertiary/aromatic N) is 2. The van der Waals surface area contributed by atoms with E-state index in [-0.39, 0.29) is 32.5 Å². The van der Waals surface area contributed by atoms with E-state index in [2.05, 4.69) is 15.0 Å². The molecule has 0 fully saturated rings. The maximum Gasteiger partial charge on any atom is 0.259 e. The number of ether oxygens (including phenoxy) is 1. The number of imidazole rings is 1. The van der Waals surface area contributed by atoms with Crippen molar-refractivity contribution >= 4 is 56.1 Å². The third-order valence-corrected chi connectivity index (χ3v) is 8.12. The number of amides is 1. The summed E-state index contributed by atoms with van der Waals surface area (Å²) in [6.07, 6.45) is 1.46. The topological polar surface area (TPSA) is 102 Å². The van der Waals surface area contributed by atoms with E-state index < -0.39 is 15.9 Å². The minimum atomic E-state index is -3.99. The quantitative estimate of drug-likeness (QED) is 0.259. The lowest BCUT2D eigenvalue weighted by Crippen LogP contribution is -2.32. The second kappa shape index (κ2) is 11.1. The van der Waals surface area contributed by atoms with Gasteiger partial charge in [-0.05, 0) is 61.9 Å². The summed E-state index contributed by atoms with van der Waals surface area (Å²) in [5, 5.41) is 2.71. The van der Waals surface area contributed by atoms with Gasteiger partial charge >= 0.3 is 0 Å². The van der Waals surface area contributed by atoms with E-state index >= 15 is 0 Å². The number of hydrogen-bond donors (Lipinski definition) is 2. The van der Waals surface area contributed by atoms with Crippen molar-refractivity contribution in [2.75, 3.05) is 12.4 Å². The van der Waals surface area contributed by atoms with Crippen LogP contribution in [-0.4, -0.2) is 37.0 Å². The summed E-state index contributed by atoms with van der Waals surface area (Å²) in [4.78, 5) is 17.7. The van der Waals surface area contributed by atoms with E-state index in [1.807, 2.05) is 43.3 Å². The molecule has 0 aliphatic rings. The Morgan fingerprint density at radius 3 is 2.46 bits per heavy atom. The molecule has 3 aromatic carbocycles. The standard InChI is InChI=1S/C26H26Cl2N4O4S/c1-4-7-16(2)31-37(34,35)24-14-19(20(27)15-21(24)28)25(33)30-26-29-22-8-5-6-9-23(22)32(26)17-10-12-18(36-3)13-11-17/h5-6,8-16,31H,4,7H2,1-3H3,(H,29,30,33). The molecule has 4 rings (SSSR count). The van der Waals surface area contributed by atoms with Gasteiger partial charge in [0.05, 0.1) is 33.8 Å². The lowest BCUT2D eigenvalue weighted by molar-refractivity contribution is 0.102. The molecule has 1 aromatic heterocycles. The molecule has 0 bridgehead atoms. The molecule has 0 radical (unpaired) electrons. The van der Waals surface area contributed by atoms with Crippen LogP contribution in [0.1, 0.15) is 37.0 Å². The van der Waals surface area contributed by atoms with Gasteiger partial charge in [0.2, 0.25) is 16.0 Å². The first-order valence-electron chi connectivity index (χ1n) is 11.6. The minimum absolute atomic E-state index is 0.00941. The fourth-order valence-electron chi connectivity index (χ4n) is 4.00. The number of methoxy groups -OCH3 is 1. The van der Waals surface area contributed by atoms with Crippen LogP contribution in [0.5, 0.6) is 5.75 Å². The fourth-order valence-corrected chi connectivity index (χ4v) is 6.14. The van der Waals surface area contributed by atoms with Crippen molar-refractivity contribution in [1.29, 1.82) is 0 Å². The van der Waals surface area contributed by atoms with Gasteiger partial charge in [0.15, 0.2) is 0 Å². The van der Waals surface area contributed by atoms with Crippen LogP contribution in [0.4, 0.5) is 5.95 Å². The minimum Gasteiger partial charge on any atom is -0.497 e. The van der Waals surface area contributed by atoms with E-state index in [9.17, 15) is 13.2 Å². The summed E-state index contributed by atoms with van der Waals surface area (Å²) < 4.78 is 35.6. The predicted octanol–water partition coefficient (Wildman–Crippen LogP) is 6.06. The molecule has 0 saturated carbocycles. The number of rotatable bonds is 9. The molecule has 1 amide bonds. The summed E-state index contributed by atoms with van der Waals surface area (Å²) in [5.74, 6) is 0.286. The van der Waals surface area contributed by atoms with Crippen LogP contribution in [0.25, 0.3) is 16.7 Å². The highest BCUT2D eigenvalue weighted by Crippen LogP contribution is 2.31. The number of hydrogen-bond acceptors (Lipinski definition) is 5. The smallest absolute Gasteiger partial charge is 0.259 e. The number of nitrogens with one attached hydrogen (secondary N) is 2. The highest BCUT2D eigenvalue weighted by molar-refractivity contribution is 7.89. The monoisotopic (exact) mass is 560 g/mol. The predicted molar refractivity (Wildman–Crippen MR) is 147 cm³/mol. The Morgan fingerprint density at radius 2 is 1.78 bits per heavy atom. The van der Waals surface area contributed by atoms with Gasteiger partial charge in [0, 0.05) is 11.7 Å². The van der Waals surface area contributed by atoms with Crippen LogP contribution in [0.3, 0.4) is 0 Å². The molecular formula is C26H26Cl2N4O4S. The van der Waals surface area contributed by atoms with Crippen LogP contribution in [-0.2, 0) is 10.0 Å². The fraction of sp³-hybridized carbons (Fsp3) is 0.231. The first kappa shape index (κ1) is 26.9. The SMILES string of the molecule is CCCC(C)NS(=O)(=O)c1cc(C(=O)Nc2nc3ccccc3n2-c2ccc(OC)cc2)c(Cl)cc1Cl. The average molecular weight is 561 g/mol. The second-order valence-electron chi connectivity index (χ2n) is 8.49. The first-order valence-corrected chi connectivity index (χ1v) is 13.8. The number of carbonyl (C=O) groups excluding carboxylic acids is 1. The number of fused-ring (bicyclic) bond motifs is 1. The van der Waals surface area contributed by atoms with Crippen molar-refractivity contribution in [3.05, 3.63) is 76.3 Å². The molecule has 0 saturated heterocycles. The third-order valence-electron chi connectivity index (χ3n) is 5.75. The molecular weight excluding hydrogens is 535 g/mol. The first-order chi connectivity index (χ1) is 17.6. The second-order valence-corrected chi connectivity index (χ2v) is 11.0. The Labute approximate surface area is 225 Å². The number of para-hydroxylation sites is 2. The van der Waals surface area contributed by atoms with E-state index in [4.69, 9.17) is 27.9 Å². The maximum absolute atomic E-state index is 13.4. The Morgan fingerprint density at radius 1 is 1.08 bits per heavy atom. The van der Waals surface area contributed by atoms with Crippen molar-refractivity contribution < 1.29 is 17.9 Å². The lowest BCUT2D eigenvalue weighted by atomic mass is 10.2. The van der Waals surface area contributed by atoms with Gasteiger partial charge in [0.1, 0.15) is 10.6 Å². The molecule has 2 N–H and O–H groups in total. The number of halogens is 2. The molecule has 1 heterocycles. The molecule has 1 atom stereocenters. The zero-order valence-electron chi connectivity index (χ0n) is 20.5. The van der Waals surface area contributed by atoms with Gasteiger partial charge in [-0.3, -0.25) is 14.7 Å². The van der Waals surface area contributed by atoms with Gasteiger partial charge in [-0.25, -0.2) is 18.1 Å². The molecule has 0 spiro atoms. The van der Waals surface area contributed by atoms with E-state index in [1.165, 1.54) is 12.1 Å². The number of carbonyl (C=O) groups is 1. The lowest BCUT2D eigenvalue weighted by Gasteiger charge is -2.16. The van der Waals surface area contributed by atoms with Crippen molar-refractivity contribution in [1.82, 2.24) is 14.3 Å². The zero-order chi connectivity index (χ0) is 26.7. The van der Waals surface area contributed by atoms with Crippen LogP contribution in [0.2, 0.25) is 10.0 Å².